The Labute approximate surface area is 109 Å². The van der Waals surface area contributed by atoms with Gasteiger partial charge in [0, 0.05) is 6.42 Å². The first kappa shape index (κ1) is 13.3. The molecule has 2 heteroatoms. The van der Waals surface area contributed by atoms with Gasteiger partial charge in [-0.2, -0.15) is 0 Å². The predicted molar refractivity (Wildman–Crippen MR) is 72.3 cm³/mol. The highest BCUT2D eigenvalue weighted by molar-refractivity contribution is 5.75. The normalized spacial score (nSPS) is 23.8. The summed E-state index contributed by atoms with van der Waals surface area (Å²) in [6, 6.07) is 10.3. The summed E-state index contributed by atoms with van der Waals surface area (Å²) in [5.74, 6) is 0.848. The maximum absolute atomic E-state index is 11.2. The van der Waals surface area contributed by atoms with Crippen LogP contribution in [-0.2, 0) is 16.1 Å². The third-order valence-electron chi connectivity index (χ3n) is 3.64. The number of carbonyl (C=O) groups is 1. The minimum absolute atomic E-state index is 0.309. The van der Waals surface area contributed by atoms with Gasteiger partial charge in [0.1, 0.15) is 5.78 Å². The zero-order valence-electron chi connectivity index (χ0n) is 11.1. The number of rotatable bonds is 5. The molecule has 2 nitrogen and oxygen atoms in total. The minimum Gasteiger partial charge on any atom is -0.374 e. The fourth-order valence-electron chi connectivity index (χ4n) is 2.77. The summed E-state index contributed by atoms with van der Waals surface area (Å²) < 4.78 is 5.97. The Bertz CT molecular complexity index is 372. The lowest BCUT2D eigenvalue weighted by Gasteiger charge is -2.28. The van der Waals surface area contributed by atoms with Crippen LogP contribution in [0.15, 0.2) is 30.3 Å². The van der Waals surface area contributed by atoms with Crippen molar-refractivity contribution < 1.29 is 9.53 Å². The molecule has 1 fully saturated rings. The molecule has 0 aliphatic heterocycles. The molecular formula is C16H22O2. The SMILES string of the molecule is CC(=O)CC1CCCC(OCc2ccccc2)C1. The second-order valence-corrected chi connectivity index (χ2v) is 5.36. The summed E-state index contributed by atoms with van der Waals surface area (Å²) in [7, 11) is 0. The predicted octanol–water partition coefficient (Wildman–Crippen LogP) is 3.74. The molecule has 0 aromatic heterocycles. The van der Waals surface area contributed by atoms with Gasteiger partial charge in [-0.05, 0) is 37.7 Å². The van der Waals surface area contributed by atoms with Gasteiger partial charge in [-0.1, -0.05) is 36.8 Å². The van der Waals surface area contributed by atoms with E-state index >= 15 is 0 Å². The van der Waals surface area contributed by atoms with Crippen molar-refractivity contribution in [2.75, 3.05) is 0 Å². The summed E-state index contributed by atoms with van der Waals surface area (Å²) in [4.78, 5) is 11.2. The van der Waals surface area contributed by atoms with Gasteiger partial charge in [0.05, 0.1) is 12.7 Å². The van der Waals surface area contributed by atoms with Gasteiger partial charge in [-0.15, -0.1) is 0 Å². The van der Waals surface area contributed by atoms with Crippen LogP contribution in [0.5, 0.6) is 0 Å². The third-order valence-corrected chi connectivity index (χ3v) is 3.64. The van der Waals surface area contributed by atoms with E-state index in [0.29, 0.717) is 24.4 Å². The Morgan fingerprint density at radius 3 is 2.78 bits per heavy atom. The molecular weight excluding hydrogens is 224 g/mol. The molecule has 2 unspecified atom stereocenters. The second kappa shape index (κ2) is 6.69. The first-order valence-corrected chi connectivity index (χ1v) is 6.89. The van der Waals surface area contributed by atoms with Gasteiger partial charge in [0.2, 0.25) is 0 Å². The summed E-state index contributed by atoms with van der Waals surface area (Å²) in [5, 5.41) is 0. The summed E-state index contributed by atoms with van der Waals surface area (Å²) in [6.45, 7) is 2.38. The van der Waals surface area contributed by atoms with Crippen molar-refractivity contribution in [3.8, 4) is 0 Å². The molecule has 2 atom stereocenters. The molecule has 1 aliphatic rings. The van der Waals surface area contributed by atoms with E-state index in [4.69, 9.17) is 4.74 Å². The molecule has 0 saturated heterocycles. The zero-order chi connectivity index (χ0) is 12.8. The van der Waals surface area contributed by atoms with Crippen LogP contribution in [-0.4, -0.2) is 11.9 Å². The first-order chi connectivity index (χ1) is 8.74. The van der Waals surface area contributed by atoms with Gasteiger partial charge < -0.3 is 9.53 Å². The molecule has 0 bridgehead atoms. The van der Waals surface area contributed by atoms with Crippen molar-refractivity contribution in [3.05, 3.63) is 35.9 Å². The molecule has 1 aliphatic carbocycles. The molecule has 0 amide bonds. The van der Waals surface area contributed by atoms with E-state index in [1.165, 1.54) is 18.4 Å². The Morgan fingerprint density at radius 2 is 2.06 bits per heavy atom. The van der Waals surface area contributed by atoms with Gasteiger partial charge in [-0.25, -0.2) is 0 Å². The van der Waals surface area contributed by atoms with Crippen molar-refractivity contribution in [2.45, 2.75) is 51.7 Å². The number of carbonyl (C=O) groups excluding carboxylic acids is 1. The highest BCUT2D eigenvalue weighted by atomic mass is 16.5. The lowest BCUT2D eigenvalue weighted by Crippen LogP contribution is -2.24. The lowest BCUT2D eigenvalue weighted by molar-refractivity contribution is -0.118. The fourth-order valence-corrected chi connectivity index (χ4v) is 2.77. The molecule has 0 heterocycles. The Morgan fingerprint density at radius 1 is 1.28 bits per heavy atom. The smallest absolute Gasteiger partial charge is 0.130 e. The number of ether oxygens (including phenoxy) is 1. The van der Waals surface area contributed by atoms with Crippen LogP contribution in [0.2, 0.25) is 0 Å². The van der Waals surface area contributed by atoms with Crippen LogP contribution in [0.25, 0.3) is 0 Å². The van der Waals surface area contributed by atoms with Crippen molar-refractivity contribution in [1.29, 1.82) is 0 Å². The highest BCUT2D eigenvalue weighted by Gasteiger charge is 2.23. The standard InChI is InChI=1S/C16H22O2/c1-13(17)10-15-8-5-9-16(11-15)18-12-14-6-3-2-4-7-14/h2-4,6-7,15-16H,5,8-12H2,1H3. The van der Waals surface area contributed by atoms with Crippen molar-refractivity contribution in [3.63, 3.8) is 0 Å². The number of benzene rings is 1. The molecule has 0 spiro atoms. The third kappa shape index (κ3) is 4.26. The van der Waals surface area contributed by atoms with Crippen molar-refractivity contribution in [2.24, 2.45) is 5.92 Å². The van der Waals surface area contributed by atoms with Gasteiger partial charge in [-0.3, -0.25) is 0 Å². The van der Waals surface area contributed by atoms with E-state index in [0.717, 1.165) is 19.3 Å². The van der Waals surface area contributed by atoms with Crippen molar-refractivity contribution in [1.82, 2.24) is 0 Å². The van der Waals surface area contributed by atoms with E-state index in [1.807, 2.05) is 18.2 Å². The molecule has 1 saturated carbocycles. The Hall–Kier alpha value is -1.15. The molecule has 18 heavy (non-hydrogen) atoms. The highest BCUT2D eigenvalue weighted by Crippen LogP contribution is 2.29. The maximum atomic E-state index is 11.2. The van der Waals surface area contributed by atoms with E-state index in [-0.39, 0.29) is 0 Å². The summed E-state index contributed by atoms with van der Waals surface area (Å²) in [6.07, 6.45) is 5.63. The molecule has 2 rings (SSSR count). The van der Waals surface area contributed by atoms with E-state index in [1.54, 1.807) is 6.92 Å². The van der Waals surface area contributed by atoms with Gasteiger partial charge >= 0.3 is 0 Å². The summed E-state index contributed by atoms with van der Waals surface area (Å²) >= 11 is 0. The van der Waals surface area contributed by atoms with Crippen LogP contribution in [0.1, 0.15) is 44.6 Å². The number of hydrogen-bond donors (Lipinski definition) is 0. The van der Waals surface area contributed by atoms with E-state index < -0.39 is 0 Å². The van der Waals surface area contributed by atoms with Crippen LogP contribution < -0.4 is 0 Å². The Kier molecular flexibility index (Phi) is 4.94. The van der Waals surface area contributed by atoms with Crippen LogP contribution in [0.4, 0.5) is 0 Å². The number of ketones is 1. The lowest BCUT2D eigenvalue weighted by atomic mass is 9.84. The average Bonchev–Trinajstić information content (AvgIpc) is 2.37. The van der Waals surface area contributed by atoms with Crippen LogP contribution in [0, 0.1) is 5.92 Å². The topological polar surface area (TPSA) is 26.3 Å². The van der Waals surface area contributed by atoms with Crippen LogP contribution in [0.3, 0.4) is 0 Å². The monoisotopic (exact) mass is 246 g/mol. The Balaban J connectivity index is 1.77. The molecule has 0 N–H and O–H groups in total. The molecule has 0 radical (unpaired) electrons. The summed E-state index contributed by atoms with van der Waals surface area (Å²) in [5.41, 5.74) is 1.23. The number of hydrogen-bond acceptors (Lipinski definition) is 2. The van der Waals surface area contributed by atoms with Crippen molar-refractivity contribution >= 4 is 5.78 Å². The maximum Gasteiger partial charge on any atom is 0.130 e. The average molecular weight is 246 g/mol. The molecule has 1 aromatic rings. The fraction of sp³-hybridized carbons (Fsp3) is 0.562. The zero-order valence-corrected chi connectivity index (χ0v) is 11.1. The first-order valence-electron chi connectivity index (χ1n) is 6.89. The molecule has 1 aromatic carbocycles. The van der Waals surface area contributed by atoms with E-state index in [9.17, 15) is 4.79 Å². The minimum atomic E-state index is 0.309. The van der Waals surface area contributed by atoms with E-state index in [2.05, 4.69) is 12.1 Å². The quantitative estimate of drug-likeness (QED) is 0.791. The number of Topliss-reactive ketones (excluding diaryl/α,β-unsaturated/α-hetero) is 1. The van der Waals surface area contributed by atoms with Crippen LogP contribution >= 0.6 is 0 Å². The van der Waals surface area contributed by atoms with Gasteiger partial charge in [0.15, 0.2) is 0 Å². The van der Waals surface area contributed by atoms with Gasteiger partial charge in [0.25, 0.3) is 0 Å². The molecule has 98 valence electrons. The second-order valence-electron chi connectivity index (χ2n) is 5.36. The largest absolute Gasteiger partial charge is 0.374 e.